The number of nitrogens with two attached hydrogens (primary N) is 1. The molecule has 0 spiro atoms. The van der Waals surface area contributed by atoms with Crippen LogP contribution in [0.1, 0.15) is 17.5 Å². The molecule has 0 saturated heterocycles. The molecule has 6 heteroatoms. The van der Waals surface area contributed by atoms with Crippen molar-refractivity contribution in [2.45, 2.75) is 31.6 Å². The Kier molecular flexibility index (Phi) is 7.13. The average Bonchev–Trinajstić information content (AvgIpc) is 2.61. The second-order valence-electron chi connectivity index (χ2n) is 5.65. The lowest BCUT2D eigenvalue weighted by Gasteiger charge is -2.15. The summed E-state index contributed by atoms with van der Waals surface area (Å²) in [6.45, 7) is -0.0173. The summed E-state index contributed by atoms with van der Waals surface area (Å²) in [5.74, 6) is -1.07. The van der Waals surface area contributed by atoms with E-state index in [0.29, 0.717) is 6.42 Å². The predicted molar refractivity (Wildman–Crippen MR) is 91.5 cm³/mol. The highest BCUT2D eigenvalue weighted by atomic mass is 16.7. The number of hydrogen-bond acceptors (Lipinski definition) is 6. The third-order valence-corrected chi connectivity index (χ3v) is 3.52. The molecule has 0 aliphatic carbocycles. The van der Waals surface area contributed by atoms with Gasteiger partial charge in [0.15, 0.2) is 6.10 Å². The van der Waals surface area contributed by atoms with Crippen LogP contribution >= 0.6 is 0 Å². The number of aliphatic hydroxyl groups excluding tert-OH is 1. The fourth-order valence-corrected chi connectivity index (χ4v) is 2.28. The third kappa shape index (κ3) is 6.74. The molecule has 2 atom stereocenters. The molecular weight excluding hydrogens is 322 g/mol. The van der Waals surface area contributed by atoms with E-state index < -0.39 is 24.3 Å². The second-order valence-corrected chi connectivity index (χ2v) is 5.65. The summed E-state index contributed by atoms with van der Waals surface area (Å²) in [6, 6.07) is 18.0. The summed E-state index contributed by atoms with van der Waals surface area (Å²) >= 11 is 0. The van der Waals surface area contributed by atoms with E-state index in [1.165, 1.54) is 0 Å². The van der Waals surface area contributed by atoms with Crippen molar-refractivity contribution in [3.05, 3.63) is 71.8 Å². The second kappa shape index (κ2) is 9.56. The van der Waals surface area contributed by atoms with Gasteiger partial charge >= 0.3 is 12.1 Å². The lowest BCUT2D eigenvalue weighted by molar-refractivity contribution is -0.150. The Morgan fingerprint density at radius 2 is 1.52 bits per heavy atom. The number of esters is 1. The number of carbonyl (C=O) groups excluding carboxylic acids is 2. The first-order valence-electron chi connectivity index (χ1n) is 7.94. The maximum Gasteiger partial charge on any atom is 0.516 e. The van der Waals surface area contributed by atoms with E-state index >= 15 is 0 Å². The van der Waals surface area contributed by atoms with Crippen LogP contribution in [0.4, 0.5) is 4.79 Å². The van der Waals surface area contributed by atoms with Gasteiger partial charge in [0, 0.05) is 6.04 Å². The first kappa shape index (κ1) is 18.6. The standard InChI is InChI=1S/C19H21NO5/c20-16(11-14-7-3-1-4-8-14)12-17(21)18(22)25-19(23)24-13-15-9-5-2-6-10-15/h1-10,16-17,21H,11-13,20H2/t16-,17-/m0/s1. The van der Waals surface area contributed by atoms with Crippen LogP contribution in [0.2, 0.25) is 0 Å². The quantitative estimate of drug-likeness (QED) is 0.590. The van der Waals surface area contributed by atoms with Gasteiger partial charge in [0.25, 0.3) is 0 Å². The zero-order valence-electron chi connectivity index (χ0n) is 13.7. The molecule has 6 nitrogen and oxygen atoms in total. The first-order valence-corrected chi connectivity index (χ1v) is 7.94. The van der Waals surface area contributed by atoms with Gasteiger partial charge < -0.3 is 20.3 Å². The van der Waals surface area contributed by atoms with Gasteiger partial charge in [0.1, 0.15) is 6.61 Å². The van der Waals surface area contributed by atoms with Crippen molar-refractivity contribution in [2.75, 3.05) is 0 Å². The van der Waals surface area contributed by atoms with Crippen LogP contribution in [-0.2, 0) is 27.3 Å². The molecule has 0 aliphatic rings. The molecule has 0 unspecified atom stereocenters. The molecule has 2 aromatic carbocycles. The third-order valence-electron chi connectivity index (χ3n) is 3.52. The summed E-state index contributed by atoms with van der Waals surface area (Å²) < 4.78 is 9.30. The van der Waals surface area contributed by atoms with Crippen LogP contribution in [0.3, 0.4) is 0 Å². The van der Waals surface area contributed by atoms with E-state index in [0.717, 1.165) is 11.1 Å². The van der Waals surface area contributed by atoms with E-state index in [1.807, 2.05) is 36.4 Å². The van der Waals surface area contributed by atoms with E-state index in [1.54, 1.807) is 24.3 Å². The molecule has 0 heterocycles. The topological polar surface area (TPSA) is 98.9 Å². The molecule has 0 saturated carbocycles. The van der Waals surface area contributed by atoms with E-state index in [-0.39, 0.29) is 13.0 Å². The summed E-state index contributed by atoms with van der Waals surface area (Å²) in [4.78, 5) is 23.2. The number of ether oxygens (including phenoxy) is 2. The van der Waals surface area contributed by atoms with Crippen molar-refractivity contribution >= 4 is 12.1 Å². The number of hydrogen-bond donors (Lipinski definition) is 2. The summed E-state index contributed by atoms with van der Waals surface area (Å²) in [6.07, 6.45) is -2.14. The Morgan fingerprint density at radius 3 is 2.12 bits per heavy atom. The smallest absolute Gasteiger partial charge is 0.429 e. The molecule has 25 heavy (non-hydrogen) atoms. The van der Waals surface area contributed by atoms with Gasteiger partial charge in [-0.05, 0) is 24.0 Å². The zero-order valence-corrected chi connectivity index (χ0v) is 13.7. The van der Waals surface area contributed by atoms with E-state index in [4.69, 9.17) is 10.5 Å². The molecular formula is C19H21NO5. The first-order chi connectivity index (χ1) is 12.0. The molecule has 132 valence electrons. The van der Waals surface area contributed by atoms with Crippen molar-refractivity contribution in [1.82, 2.24) is 0 Å². The number of rotatable bonds is 7. The molecule has 3 N–H and O–H groups in total. The van der Waals surface area contributed by atoms with Crippen molar-refractivity contribution in [2.24, 2.45) is 5.73 Å². The lowest BCUT2D eigenvalue weighted by atomic mass is 10.0. The number of benzene rings is 2. The summed E-state index contributed by atoms with van der Waals surface area (Å²) in [5.41, 5.74) is 7.69. The van der Waals surface area contributed by atoms with E-state index in [2.05, 4.69) is 4.74 Å². The molecule has 0 bridgehead atoms. The fraction of sp³-hybridized carbons (Fsp3) is 0.263. The Hall–Kier alpha value is -2.70. The van der Waals surface area contributed by atoms with Crippen molar-refractivity contribution < 1.29 is 24.2 Å². The maximum atomic E-state index is 11.7. The molecule has 0 aromatic heterocycles. The average molecular weight is 343 g/mol. The molecule has 0 aliphatic heterocycles. The van der Waals surface area contributed by atoms with Crippen molar-refractivity contribution in [1.29, 1.82) is 0 Å². The van der Waals surface area contributed by atoms with Gasteiger partial charge in [0.2, 0.25) is 0 Å². The zero-order chi connectivity index (χ0) is 18.1. The van der Waals surface area contributed by atoms with Crippen molar-refractivity contribution in [3.8, 4) is 0 Å². The lowest BCUT2D eigenvalue weighted by Crippen LogP contribution is -2.34. The van der Waals surface area contributed by atoms with Gasteiger partial charge in [0.05, 0.1) is 0 Å². The van der Waals surface area contributed by atoms with Crippen molar-refractivity contribution in [3.63, 3.8) is 0 Å². The van der Waals surface area contributed by atoms with Gasteiger partial charge in [-0.15, -0.1) is 0 Å². The number of carbonyl (C=O) groups is 2. The Morgan fingerprint density at radius 1 is 0.960 bits per heavy atom. The van der Waals surface area contributed by atoms with E-state index in [9.17, 15) is 14.7 Å². The van der Waals surface area contributed by atoms with Gasteiger partial charge in [-0.2, -0.15) is 0 Å². The minimum atomic E-state index is -1.48. The van der Waals surface area contributed by atoms with Crippen LogP contribution in [0.5, 0.6) is 0 Å². The van der Waals surface area contributed by atoms with Crippen LogP contribution in [0, 0.1) is 0 Å². The molecule has 0 amide bonds. The van der Waals surface area contributed by atoms with Crippen LogP contribution in [-0.4, -0.2) is 29.4 Å². The highest BCUT2D eigenvalue weighted by Crippen LogP contribution is 2.08. The highest BCUT2D eigenvalue weighted by molar-refractivity contribution is 5.84. The Labute approximate surface area is 146 Å². The predicted octanol–water partition coefficient (Wildman–Crippen LogP) is 2.19. The molecule has 2 rings (SSSR count). The van der Waals surface area contributed by atoms with Gasteiger partial charge in [-0.25, -0.2) is 9.59 Å². The van der Waals surface area contributed by atoms with Crippen LogP contribution in [0.15, 0.2) is 60.7 Å². The molecule has 2 aromatic rings. The van der Waals surface area contributed by atoms with Crippen LogP contribution < -0.4 is 5.73 Å². The number of aliphatic hydroxyl groups is 1. The monoisotopic (exact) mass is 343 g/mol. The minimum absolute atomic E-state index is 0.0142. The fourth-order valence-electron chi connectivity index (χ4n) is 2.28. The molecule has 0 radical (unpaired) electrons. The summed E-state index contributed by atoms with van der Waals surface area (Å²) in [7, 11) is 0. The SMILES string of the molecule is N[C@@H](Cc1ccccc1)C[C@H](O)C(=O)OC(=O)OCc1ccccc1. The molecule has 0 fully saturated rings. The highest BCUT2D eigenvalue weighted by Gasteiger charge is 2.23. The Bertz CT molecular complexity index is 675. The largest absolute Gasteiger partial charge is 0.516 e. The maximum absolute atomic E-state index is 11.7. The minimum Gasteiger partial charge on any atom is -0.429 e. The Balaban J connectivity index is 1.72. The van der Waals surface area contributed by atoms with Gasteiger partial charge in [-0.3, -0.25) is 0 Å². The van der Waals surface area contributed by atoms with Crippen LogP contribution in [0.25, 0.3) is 0 Å². The normalized spacial score (nSPS) is 12.9. The summed E-state index contributed by atoms with van der Waals surface area (Å²) in [5, 5.41) is 9.84. The van der Waals surface area contributed by atoms with Gasteiger partial charge in [-0.1, -0.05) is 60.7 Å².